The fourth-order valence-corrected chi connectivity index (χ4v) is 2.13. The molecule has 1 aromatic heterocycles. The number of hydrogen-bond acceptors (Lipinski definition) is 3. The van der Waals surface area contributed by atoms with Crippen LogP contribution in [0.2, 0.25) is 0 Å². The number of nitrogens with one attached hydrogen (secondary N) is 1. The van der Waals surface area contributed by atoms with E-state index in [-0.39, 0.29) is 0 Å². The second kappa shape index (κ2) is 9.32. The lowest BCUT2D eigenvalue weighted by molar-refractivity contribution is 0.132. The summed E-state index contributed by atoms with van der Waals surface area (Å²) >= 11 is 0. The molecule has 4 heteroatoms. The van der Waals surface area contributed by atoms with Gasteiger partial charge in [-0.25, -0.2) is 0 Å². The molecule has 0 amide bonds. The van der Waals surface area contributed by atoms with E-state index >= 15 is 0 Å². The van der Waals surface area contributed by atoms with E-state index in [9.17, 15) is 0 Å². The predicted molar refractivity (Wildman–Crippen MR) is 85.2 cm³/mol. The van der Waals surface area contributed by atoms with Crippen LogP contribution in [0.1, 0.15) is 30.9 Å². The van der Waals surface area contributed by atoms with E-state index in [1.807, 2.05) is 16.9 Å². The van der Waals surface area contributed by atoms with Gasteiger partial charge in [-0.15, -0.1) is 0 Å². The zero-order chi connectivity index (χ0) is 14.8. The first-order chi connectivity index (χ1) is 10.4. The summed E-state index contributed by atoms with van der Waals surface area (Å²) in [5, 5.41) is 7.83. The van der Waals surface area contributed by atoms with Crippen LogP contribution in [-0.4, -0.2) is 29.5 Å². The van der Waals surface area contributed by atoms with Crippen molar-refractivity contribution in [2.45, 2.75) is 32.9 Å². The van der Waals surface area contributed by atoms with Crippen molar-refractivity contribution in [1.82, 2.24) is 15.1 Å². The Kier molecular flexibility index (Phi) is 6.98. The SMILES string of the molecule is CCCOCCCNCc1cnn(Cc2ccccc2)c1. The quantitative estimate of drug-likeness (QED) is 0.683. The average molecular weight is 287 g/mol. The second-order valence-corrected chi connectivity index (χ2v) is 5.17. The molecule has 0 aliphatic heterocycles. The van der Waals surface area contributed by atoms with Crippen molar-refractivity contribution in [3.8, 4) is 0 Å². The van der Waals surface area contributed by atoms with Crippen molar-refractivity contribution in [1.29, 1.82) is 0 Å². The molecule has 1 heterocycles. The molecule has 0 radical (unpaired) electrons. The third kappa shape index (κ3) is 6.10. The molecule has 0 atom stereocenters. The van der Waals surface area contributed by atoms with Gasteiger partial charge in [-0.2, -0.15) is 5.10 Å². The molecule has 0 unspecified atom stereocenters. The van der Waals surface area contributed by atoms with Gasteiger partial charge in [-0.1, -0.05) is 37.3 Å². The molecule has 1 N–H and O–H groups in total. The zero-order valence-corrected chi connectivity index (χ0v) is 12.8. The Morgan fingerprint density at radius 3 is 2.81 bits per heavy atom. The van der Waals surface area contributed by atoms with Crippen LogP contribution in [0.4, 0.5) is 0 Å². The zero-order valence-electron chi connectivity index (χ0n) is 12.8. The van der Waals surface area contributed by atoms with Crippen LogP contribution in [0.25, 0.3) is 0 Å². The minimum atomic E-state index is 0.825. The molecular weight excluding hydrogens is 262 g/mol. The molecule has 2 aromatic rings. The van der Waals surface area contributed by atoms with Gasteiger partial charge in [0.15, 0.2) is 0 Å². The van der Waals surface area contributed by atoms with Crippen LogP contribution in [0, 0.1) is 0 Å². The van der Waals surface area contributed by atoms with Gasteiger partial charge >= 0.3 is 0 Å². The Morgan fingerprint density at radius 1 is 1.14 bits per heavy atom. The molecule has 0 bridgehead atoms. The minimum Gasteiger partial charge on any atom is -0.381 e. The van der Waals surface area contributed by atoms with Gasteiger partial charge in [0, 0.05) is 31.5 Å². The maximum absolute atomic E-state index is 5.45. The summed E-state index contributed by atoms with van der Waals surface area (Å²) < 4.78 is 7.43. The third-order valence-corrected chi connectivity index (χ3v) is 3.19. The Labute approximate surface area is 127 Å². The van der Waals surface area contributed by atoms with Crippen molar-refractivity contribution in [3.63, 3.8) is 0 Å². The largest absolute Gasteiger partial charge is 0.381 e. The van der Waals surface area contributed by atoms with Gasteiger partial charge in [0.1, 0.15) is 0 Å². The molecule has 0 spiro atoms. The summed E-state index contributed by atoms with van der Waals surface area (Å²) in [7, 11) is 0. The molecule has 1 aromatic carbocycles. The molecule has 0 aliphatic rings. The topological polar surface area (TPSA) is 39.1 Å². The fourth-order valence-electron chi connectivity index (χ4n) is 2.13. The second-order valence-electron chi connectivity index (χ2n) is 5.17. The minimum absolute atomic E-state index is 0.825. The normalized spacial score (nSPS) is 10.9. The summed E-state index contributed by atoms with van der Waals surface area (Å²) in [4.78, 5) is 0. The smallest absolute Gasteiger partial charge is 0.0659 e. The molecule has 21 heavy (non-hydrogen) atoms. The highest BCUT2D eigenvalue weighted by Crippen LogP contribution is 2.03. The Balaban J connectivity index is 1.64. The van der Waals surface area contributed by atoms with Crippen LogP contribution >= 0.6 is 0 Å². The first kappa shape index (κ1) is 15.7. The summed E-state index contributed by atoms with van der Waals surface area (Å²) in [5.41, 5.74) is 2.49. The van der Waals surface area contributed by atoms with Gasteiger partial charge in [-0.3, -0.25) is 4.68 Å². The summed E-state index contributed by atoms with van der Waals surface area (Å²) in [6.45, 7) is 6.51. The number of aromatic nitrogens is 2. The first-order valence-electron chi connectivity index (χ1n) is 7.72. The highest BCUT2D eigenvalue weighted by atomic mass is 16.5. The highest BCUT2D eigenvalue weighted by Gasteiger charge is 1.99. The third-order valence-electron chi connectivity index (χ3n) is 3.19. The van der Waals surface area contributed by atoms with Gasteiger partial charge in [0.2, 0.25) is 0 Å². The van der Waals surface area contributed by atoms with Crippen LogP contribution in [-0.2, 0) is 17.8 Å². The number of benzene rings is 1. The van der Waals surface area contributed by atoms with Gasteiger partial charge < -0.3 is 10.1 Å². The number of ether oxygens (including phenoxy) is 1. The number of nitrogens with zero attached hydrogens (tertiary/aromatic N) is 2. The summed E-state index contributed by atoms with van der Waals surface area (Å²) in [6, 6.07) is 10.4. The molecule has 114 valence electrons. The van der Waals surface area contributed by atoms with Crippen LogP contribution < -0.4 is 5.32 Å². The molecule has 0 aliphatic carbocycles. The first-order valence-corrected chi connectivity index (χ1v) is 7.72. The number of rotatable bonds is 10. The lowest BCUT2D eigenvalue weighted by Crippen LogP contribution is -2.16. The van der Waals surface area contributed by atoms with E-state index in [0.717, 1.165) is 45.7 Å². The molecule has 0 saturated carbocycles. The van der Waals surface area contributed by atoms with Crippen LogP contribution in [0.15, 0.2) is 42.7 Å². The van der Waals surface area contributed by atoms with Crippen molar-refractivity contribution < 1.29 is 4.74 Å². The van der Waals surface area contributed by atoms with Crippen molar-refractivity contribution in [3.05, 3.63) is 53.9 Å². The van der Waals surface area contributed by atoms with Crippen LogP contribution in [0.5, 0.6) is 0 Å². The Hall–Kier alpha value is -1.65. The van der Waals surface area contributed by atoms with Gasteiger partial charge in [0.25, 0.3) is 0 Å². The monoisotopic (exact) mass is 287 g/mol. The lowest BCUT2D eigenvalue weighted by atomic mass is 10.2. The van der Waals surface area contributed by atoms with E-state index < -0.39 is 0 Å². The number of hydrogen-bond donors (Lipinski definition) is 1. The maximum atomic E-state index is 5.45. The molecule has 4 nitrogen and oxygen atoms in total. The van der Waals surface area contributed by atoms with E-state index in [1.54, 1.807) is 0 Å². The van der Waals surface area contributed by atoms with E-state index in [2.05, 4.69) is 47.8 Å². The Morgan fingerprint density at radius 2 is 2.00 bits per heavy atom. The highest BCUT2D eigenvalue weighted by molar-refractivity contribution is 5.15. The van der Waals surface area contributed by atoms with Crippen molar-refractivity contribution in [2.24, 2.45) is 0 Å². The summed E-state index contributed by atoms with van der Waals surface area (Å²) in [5.74, 6) is 0. The molecule has 0 saturated heterocycles. The Bertz CT molecular complexity index is 496. The van der Waals surface area contributed by atoms with Crippen LogP contribution in [0.3, 0.4) is 0 Å². The van der Waals surface area contributed by atoms with Crippen molar-refractivity contribution >= 4 is 0 Å². The van der Waals surface area contributed by atoms with Gasteiger partial charge in [-0.05, 0) is 24.9 Å². The summed E-state index contributed by atoms with van der Waals surface area (Å²) in [6.07, 6.45) is 6.18. The van der Waals surface area contributed by atoms with Crippen molar-refractivity contribution in [2.75, 3.05) is 19.8 Å². The molecule has 0 fully saturated rings. The lowest BCUT2D eigenvalue weighted by Gasteiger charge is -2.04. The van der Waals surface area contributed by atoms with E-state index in [1.165, 1.54) is 11.1 Å². The fraction of sp³-hybridized carbons (Fsp3) is 0.471. The molecule has 2 rings (SSSR count). The standard InChI is InChI=1S/C17H25N3O/c1-2-10-21-11-6-9-18-12-17-13-19-20(15-17)14-16-7-4-3-5-8-16/h3-5,7-8,13,15,18H,2,6,9-12,14H2,1H3. The molecular formula is C17H25N3O. The van der Waals surface area contributed by atoms with E-state index in [0.29, 0.717) is 0 Å². The maximum Gasteiger partial charge on any atom is 0.0659 e. The van der Waals surface area contributed by atoms with E-state index in [4.69, 9.17) is 4.74 Å². The predicted octanol–water partition coefficient (Wildman–Crippen LogP) is 2.84. The average Bonchev–Trinajstić information content (AvgIpc) is 2.95. The van der Waals surface area contributed by atoms with Gasteiger partial charge in [0.05, 0.1) is 12.7 Å².